The number of hydrogen-bond donors (Lipinski definition) is 1. The summed E-state index contributed by atoms with van der Waals surface area (Å²) < 4.78 is 10.9. The summed E-state index contributed by atoms with van der Waals surface area (Å²) in [5.41, 5.74) is 0.812. The zero-order chi connectivity index (χ0) is 18.8. The van der Waals surface area contributed by atoms with Crippen LogP contribution in [0.3, 0.4) is 0 Å². The van der Waals surface area contributed by atoms with Gasteiger partial charge in [-0.2, -0.15) is 0 Å². The summed E-state index contributed by atoms with van der Waals surface area (Å²) in [5, 5.41) is 6.92. The maximum absolute atomic E-state index is 12.0. The zero-order valence-corrected chi connectivity index (χ0v) is 16.0. The summed E-state index contributed by atoms with van der Waals surface area (Å²) in [6, 6.07) is 5.78. The number of methoxy groups -OCH3 is 1. The predicted molar refractivity (Wildman–Crippen MR) is 102 cm³/mol. The molecule has 144 valence electrons. The highest BCUT2D eigenvalue weighted by molar-refractivity contribution is 5.81. The van der Waals surface area contributed by atoms with Crippen molar-refractivity contribution in [2.24, 2.45) is 11.1 Å². The van der Waals surface area contributed by atoms with Crippen molar-refractivity contribution in [3.8, 4) is 11.5 Å². The van der Waals surface area contributed by atoms with Gasteiger partial charge in [0.15, 0.2) is 18.1 Å². The van der Waals surface area contributed by atoms with E-state index in [0.717, 1.165) is 18.4 Å². The smallest absolute Gasteiger partial charge is 0.261 e. The molecule has 0 heterocycles. The fourth-order valence-corrected chi connectivity index (χ4v) is 3.07. The van der Waals surface area contributed by atoms with Gasteiger partial charge in [0.2, 0.25) is 0 Å². The van der Waals surface area contributed by atoms with E-state index in [9.17, 15) is 4.79 Å². The van der Waals surface area contributed by atoms with Crippen LogP contribution in [0.5, 0.6) is 11.5 Å². The number of nitrogens with zero attached hydrogens (tertiary/aromatic N) is 1. The summed E-state index contributed by atoms with van der Waals surface area (Å²) >= 11 is 0. The molecule has 0 aliphatic heterocycles. The van der Waals surface area contributed by atoms with Gasteiger partial charge >= 0.3 is 0 Å². The van der Waals surface area contributed by atoms with Crippen molar-refractivity contribution < 1.29 is 19.1 Å². The average molecular weight is 362 g/mol. The standard InChI is InChI=1S/C20H30N2O4/c1-4-11-25-18-10-9-16(12-19(18)24-3)13-21-26-14-20(23)22-17-8-6-5-7-15(17)2/h9-10,12-13,15,17H,4-8,11,14H2,1-3H3,(H,22,23)/b21-13-/t15-,17+/m1/s1. The predicted octanol–water partition coefficient (Wildman–Crippen LogP) is 3.53. The molecule has 0 unspecified atom stereocenters. The van der Waals surface area contributed by atoms with Gasteiger partial charge in [-0.05, 0) is 43.4 Å². The molecule has 0 saturated heterocycles. The van der Waals surface area contributed by atoms with E-state index in [1.54, 1.807) is 13.3 Å². The number of amides is 1. The lowest BCUT2D eigenvalue weighted by Crippen LogP contribution is -2.42. The molecule has 1 saturated carbocycles. The van der Waals surface area contributed by atoms with Crippen LogP contribution in [-0.4, -0.2) is 38.5 Å². The lowest BCUT2D eigenvalue weighted by molar-refractivity contribution is -0.126. The van der Waals surface area contributed by atoms with Crippen LogP contribution >= 0.6 is 0 Å². The Balaban J connectivity index is 1.79. The molecule has 1 fully saturated rings. The minimum atomic E-state index is -0.123. The van der Waals surface area contributed by atoms with Crippen molar-refractivity contribution in [2.75, 3.05) is 20.3 Å². The van der Waals surface area contributed by atoms with Crippen LogP contribution in [-0.2, 0) is 9.63 Å². The van der Waals surface area contributed by atoms with E-state index >= 15 is 0 Å². The first kappa shape index (κ1) is 20.1. The van der Waals surface area contributed by atoms with Gasteiger partial charge < -0.3 is 19.6 Å². The van der Waals surface area contributed by atoms with E-state index < -0.39 is 0 Å². The molecule has 0 bridgehead atoms. The van der Waals surface area contributed by atoms with Gasteiger partial charge in [0.05, 0.1) is 19.9 Å². The number of ether oxygens (including phenoxy) is 2. The number of nitrogens with one attached hydrogen (secondary N) is 1. The number of oxime groups is 1. The van der Waals surface area contributed by atoms with Crippen LogP contribution < -0.4 is 14.8 Å². The summed E-state index contributed by atoms with van der Waals surface area (Å²) in [5.74, 6) is 1.75. The second-order valence-corrected chi connectivity index (χ2v) is 6.70. The van der Waals surface area contributed by atoms with E-state index in [-0.39, 0.29) is 18.6 Å². The molecule has 1 aromatic rings. The van der Waals surface area contributed by atoms with E-state index in [1.165, 1.54) is 19.3 Å². The summed E-state index contributed by atoms with van der Waals surface area (Å²) in [7, 11) is 1.60. The molecule has 2 atom stereocenters. The molecule has 1 aromatic carbocycles. The maximum atomic E-state index is 12.0. The van der Waals surface area contributed by atoms with Crippen LogP contribution in [0, 0.1) is 5.92 Å². The van der Waals surface area contributed by atoms with Crippen molar-refractivity contribution in [1.82, 2.24) is 5.32 Å². The molecule has 1 amide bonds. The van der Waals surface area contributed by atoms with Gasteiger partial charge in [-0.25, -0.2) is 0 Å². The van der Waals surface area contributed by atoms with Crippen LogP contribution in [0.1, 0.15) is 51.5 Å². The monoisotopic (exact) mass is 362 g/mol. The molecule has 1 aliphatic carbocycles. The number of hydrogen-bond acceptors (Lipinski definition) is 5. The Hall–Kier alpha value is -2.24. The van der Waals surface area contributed by atoms with E-state index in [4.69, 9.17) is 14.3 Å². The molecule has 6 heteroatoms. The molecular formula is C20H30N2O4. The number of rotatable bonds is 9. The molecule has 6 nitrogen and oxygen atoms in total. The Bertz CT molecular complexity index is 603. The highest BCUT2D eigenvalue weighted by Crippen LogP contribution is 2.27. The zero-order valence-electron chi connectivity index (χ0n) is 16.0. The SMILES string of the molecule is CCCOc1ccc(/C=N\OCC(=O)N[C@H]2CCCC[C@H]2C)cc1OC. The van der Waals surface area contributed by atoms with Gasteiger partial charge in [0.1, 0.15) is 0 Å². The quantitative estimate of drug-likeness (QED) is 0.539. The molecule has 26 heavy (non-hydrogen) atoms. The lowest BCUT2D eigenvalue weighted by atomic mass is 9.86. The van der Waals surface area contributed by atoms with Crippen molar-refractivity contribution in [1.29, 1.82) is 0 Å². The van der Waals surface area contributed by atoms with E-state index in [1.807, 2.05) is 18.2 Å². The second-order valence-electron chi connectivity index (χ2n) is 6.70. The largest absolute Gasteiger partial charge is 0.493 e. The van der Waals surface area contributed by atoms with Crippen LogP contribution in [0.25, 0.3) is 0 Å². The Morgan fingerprint density at radius 2 is 2.12 bits per heavy atom. The molecule has 1 N–H and O–H groups in total. The van der Waals surface area contributed by atoms with Crippen molar-refractivity contribution in [3.05, 3.63) is 23.8 Å². The first-order valence-electron chi connectivity index (χ1n) is 9.39. The van der Waals surface area contributed by atoms with Gasteiger partial charge in [-0.1, -0.05) is 31.8 Å². The Labute approximate surface area is 155 Å². The van der Waals surface area contributed by atoms with Crippen molar-refractivity contribution in [2.45, 2.75) is 52.0 Å². The topological polar surface area (TPSA) is 69.2 Å². The minimum Gasteiger partial charge on any atom is -0.493 e. The Morgan fingerprint density at radius 1 is 1.31 bits per heavy atom. The van der Waals surface area contributed by atoms with Gasteiger partial charge in [0.25, 0.3) is 5.91 Å². The highest BCUT2D eigenvalue weighted by Gasteiger charge is 2.22. The van der Waals surface area contributed by atoms with Crippen LogP contribution in [0.15, 0.2) is 23.4 Å². The summed E-state index contributed by atoms with van der Waals surface area (Å²) in [6.45, 7) is 4.80. The Kier molecular flexibility index (Phi) is 8.25. The van der Waals surface area contributed by atoms with Crippen LogP contribution in [0.2, 0.25) is 0 Å². The van der Waals surface area contributed by atoms with Crippen LogP contribution in [0.4, 0.5) is 0 Å². The number of carbonyl (C=O) groups excluding carboxylic acids is 1. The summed E-state index contributed by atoms with van der Waals surface area (Å²) in [4.78, 5) is 17.1. The van der Waals surface area contributed by atoms with E-state index in [2.05, 4.69) is 24.3 Å². The Morgan fingerprint density at radius 3 is 2.85 bits per heavy atom. The summed E-state index contributed by atoms with van der Waals surface area (Å²) in [6.07, 6.45) is 7.13. The van der Waals surface area contributed by atoms with Crippen molar-refractivity contribution in [3.63, 3.8) is 0 Å². The molecule has 1 aliphatic rings. The first-order chi connectivity index (χ1) is 12.6. The van der Waals surface area contributed by atoms with E-state index in [0.29, 0.717) is 24.0 Å². The maximum Gasteiger partial charge on any atom is 0.261 e. The third kappa shape index (κ3) is 6.24. The van der Waals surface area contributed by atoms with Crippen molar-refractivity contribution >= 4 is 12.1 Å². The first-order valence-corrected chi connectivity index (χ1v) is 9.39. The number of benzene rings is 1. The number of carbonyl (C=O) groups is 1. The van der Waals surface area contributed by atoms with Gasteiger partial charge in [-0.15, -0.1) is 0 Å². The molecule has 2 rings (SSSR count). The molecule has 0 radical (unpaired) electrons. The lowest BCUT2D eigenvalue weighted by Gasteiger charge is -2.29. The fourth-order valence-electron chi connectivity index (χ4n) is 3.07. The minimum absolute atomic E-state index is 0.0749. The fraction of sp³-hybridized carbons (Fsp3) is 0.600. The third-order valence-corrected chi connectivity index (χ3v) is 4.58. The van der Waals surface area contributed by atoms with Gasteiger partial charge in [-0.3, -0.25) is 4.79 Å². The average Bonchev–Trinajstić information content (AvgIpc) is 2.65. The normalized spacial score (nSPS) is 20.0. The molecule has 0 aromatic heterocycles. The molecular weight excluding hydrogens is 332 g/mol. The highest BCUT2D eigenvalue weighted by atomic mass is 16.6. The van der Waals surface area contributed by atoms with Gasteiger partial charge in [0, 0.05) is 11.6 Å². The molecule has 0 spiro atoms. The second kappa shape index (κ2) is 10.7. The third-order valence-electron chi connectivity index (χ3n) is 4.58.